The minimum Gasteiger partial charge on any atom is -0.493 e. The predicted molar refractivity (Wildman–Crippen MR) is 220 cm³/mol. The Hall–Kier alpha value is -6.76. The normalized spacial score (nSPS) is 15.0. The second-order valence-electron chi connectivity index (χ2n) is 14.9. The van der Waals surface area contributed by atoms with Crippen LogP contribution in [0.15, 0.2) is 90.3 Å². The van der Waals surface area contributed by atoms with Crippen molar-refractivity contribution < 1.29 is 23.9 Å². The number of aryl methyl sites for hydroxylation is 3. The van der Waals surface area contributed by atoms with Crippen LogP contribution >= 0.6 is 0 Å². The van der Waals surface area contributed by atoms with Crippen molar-refractivity contribution in [3.05, 3.63) is 114 Å². The van der Waals surface area contributed by atoms with Gasteiger partial charge in [0, 0.05) is 81.0 Å². The Balaban J connectivity index is 0.834. The van der Waals surface area contributed by atoms with E-state index in [9.17, 15) is 19.2 Å². The van der Waals surface area contributed by atoms with Gasteiger partial charge in [0.1, 0.15) is 11.4 Å². The maximum Gasteiger partial charge on any atom is 0.278 e. The van der Waals surface area contributed by atoms with Crippen molar-refractivity contribution in [2.75, 3.05) is 24.2 Å². The van der Waals surface area contributed by atoms with E-state index in [1.807, 2.05) is 96.5 Å². The highest BCUT2D eigenvalue weighted by Gasteiger charge is 2.30. The number of ether oxygens (including phenoxy) is 1. The van der Waals surface area contributed by atoms with Gasteiger partial charge in [-0.2, -0.15) is 0 Å². The standard InChI is InChI=1S/C44H44N8O5/c1-27-19-34-35(46-24-33-7-4-5-16-51(33)43(34)55)23-39(27)57-18-6-8-41(54)47-40-26-50(3)42(48-40)38(53)20-28-9-11-29(12-10-28)31-22-37(49(2)25-31)44(56)52-17-15-30-21-32(45)13-14-36(30)52/h9-15,17,19,21-26,33H,4-8,16,18,20,45H2,1-3H3,(H,47,54)/t33-/m0/s1. The number of imidazole rings is 1. The van der Waals surface area contributed by atoms with E-state index < -0.39 is 0 Å². The summed E-state index contributed by atoms with van der Waals surface area (Å²) in [5, 5.41) is 3.69. The lowest BCUT2D eigenvalue weighted by atomic mass is 10.0. The van der Waals surface area contributed by atoms with Gasteiger partial charge in [0.25, 0.3) is 11.8 Å². The first-order valence-electron chi connectivity index (χ1n) is 19.2. The number of benzene rings is 3. The summed E-state index contributed by atoms with van der Waals surface area (Å²) in [5.41, 5.74) is 12.5. The molecule has 5 heterocycles. The monoisotopic (exact) mass is 764 g/mol. The number of nitrogens with one attached hydrogen (secondary N) is 1. The van der Waals surface area contributed by atoms with Gasteiger partial charge in [-0.3, -0.25) is 28.7 Å². The molecule has 290 valence electrons. The molecule has 3 aromatic carbocycles. The molecule has 57 heavy (non-hydrogen) atoms. The van der Waals surface area contributed by atoms with Crippen LogP contribution in [0.5, 0.6) is 5.75 Å². The van der Waals surface area contributed by atoms with E-state index in [2.05, 4.69) is 15.3 Å². The van der Waals surface area contributed by atoms with E-state index in [0.717, 1.165) is 59.0 Å². The smallest absolute Gasteiger partial charge is 0.278 e. The molecule has 3 aromatic heterocycles. The maximum absolute atomic E-state index is 13.5. The highest BCUT2D eigenvalue weighted by Crippen LogP contribution is 2.34. The first kappa shape index (κ1) is 37.2. The van der Waals surface area contributed by atoms with E-state index in [1.165, 1.54) is 0 Å². The summed E-state index contributed by atoms with van der Waals surface area (Å²) in [7, 11) is 3.56. The van der Waals surface area contributed by atoms with Gasteiger partial charge in [0.15, 0.2) is 11.6 Å². The van der Waals surface area contributed by atoms with Crippen LogP contribution < -0.4 is 15.8 Å². The highest BCUT2D eigenvalue weighted by atomic mass is 16.5. The fraction of sp³-hybridized carbons (Fsp3) is 0.273. The topological polar surface area (TPSA) is 159 Å². The van der Waals surface area contributed by atoms with Crippen LogP contribution in [0.1, 0.15) is 74.7 Å². The molecule has 0 bridgehead atoms. The number of hydrogen-bond acceptors (Lipinski definition) is 8. The van der Waals surface area contributed by atoms with Crippen molar-refractivity contribution in [3.8, 4) is 16.9 Å². The van der Waals surface area contributed by atoms with Crippen LogP contribution in [0.3, 0.4) is 0 Å². The molecule has 0 saturated carbocycles. The average Bonchev–Trinajstić information content (AvgIpc) is 3.89. The molecule has 1 saturated heterocycles. The van der Waals surface area contributed by atoms with Crippen LogP contribution in [0, 0.1) is 6.92 Å². The number of carbonyl (C=O) groups excluding carboxylic acids is 4. The van der Waals surface area contributed by atoms with Crippen molar-refractivity contribution in [1.82, 2.24) is 23.6 Å². The number of piperidine rings is 1. The van der Waals surface area contributed by atoms with Crippen molar-refractivity contribution in [2.45, 2.75) is 51.5 Å². The van der Waals surface area contributed by atoms with E-state index in [-0.39, 0.29) is 48.2 Å². The van der Waals surface area contributed by atoms with Gasteiger partial charge in [-0.1, -0.05) is 24.3 Å². The van der Waals surface area contributed by atoms with E-state index in [4.69, 9.17) is 10.5 Å². The van der Waals surface area contributed by atoms with Gasteiger partial charge in [0.05, 0.1) is 29.4 Å². The molecular weight excluding hydrogens is 721 g/mol. The van der Waals surface area contributed by atoms with Crippen molar-refractivity contribution in [3.63, 3.8) is 0 Å². The summed E-state index contributed by atoms with van der Waals surface area (Å²) in [6, 6.07) is 20.5. The Morgan fingerprint density at radius 2 is 1.77 bits per heavy atom. The van der Waals surface area contributed by atoms with Crippen molar-refractivity contribution in [2.24, 2.45) is 19.1 Å². The molecule has 8 rings (SSSR count). The third-order valence-electron chi connectivity index (χ3n) is 10.7. The summed E-state index contributed by atoms with van der Waals surface area (Å²) >= 11 is 0. The molecule has 2 amide bonds. The molecule has 1 atom stereocenters. The lowest BCUT2D eigenvalue weighted by Gasteiger charge is -2.32. The first-order valence-corrected chi connectivity index (χ1v) is 19.2. The number of aromatic nitrogens is 4. The molecular formula is C44H44N8O5. The number of ketones is 1. The predicted octanol–water partition coefficient (Wildman–Crippen LogP) is 6.89. The Morgan fingerprint density at radius 3 is 2.60 bits per heavy atom. The number of nitrogen functional groups attached to an aromatic ring is 1. The summed E-state index contributed by atoms with van der Waals surface area (Å²) in [4.78, 5) is 63.8. The molecule has 2 aliphatic rings. The summed E-state index contributed by atoms with van der Waals surface area (Å²) in [6.07, 6.45) is 10.9. The minimum atomic E-state index is -0.241. The number of nitrogens with zero attached hydrogens (tertiary/aromatic N) is 6. The van der Waals surface area contributed by atoms with Gasteiger partial charge < -0.3 is 29.8 Å². The summed E-state index contributed by atoms with van der Waals surface area (Å²) in [5.74, 6) is 0.602. The summed E-state index contributed by atoms with van der Waals surface area (Å²) in [6.45, 7) is 2.95. The molecule has 2 aliphatic heterocycles. The first-order chi connectivity index (χ1) is 27.5. The minimum absolute atomic E-state index is 0.0102. The number of rotatable bonds is 11. The molecule has 0 radical (unpaired) electrons. The molecule has 0 unspecified atom stereocenters. The van der Waals surface area contributed by atoms with Gasteiger partial charge in [-0.25, -0.2) is 4.98 Å². The summed E-state index contributed by atoms with van der Waals surface area (Å²) < 4.78 is 11.1. The van der Waals surface area contributed by atoms with Crippen LogP contribution in [-0.4, -0.2) is 72.5 Å². The lowest BCUT2D eigenvalue weighted by molar-refractivity contribution is -0.116. The van der Waals surface area contributed by atoms with Crippen LogP contribution in [0.2, 0.25) is 0 Å². The fourth-order valence-electron chi connectivity index (χ4n) is 7.68. The Morgan fingerprint density at radius 1 is 0.947 bits per heavy atom. The van der Waals surface area contributed by atoms with E-state index in [0.29, 0.717) is 47.2 Å². The van der Waals surface area contributed by atoms with Crippen LogP contribution in [0.25, 0.3) is 22.0 Å². The number of nitrogens with two attached hydrogens (primary N) is 1. The maximum atomic E-state index is 13.5. The number of carbonyl (C=O) groups is 4. The lowest BCUT2D eigenvalue weighted by Crippen LogP contribution is -2.43. The third kappa shape index (κ3) is 7.60. The molecule has 0 spiro atoms. The Labute approximate surface area is 329 Å². The second-order valence-corrected chi connectivity index (χ2v) is 14.9. The molecule has 13 nitrogen and oxygen atoms in total. The quantitative estimate of drug-likeness (QED) is 0.0826. The largest absolute Gasteiger partial charge is 0.493 e. The zero-order chi connectivity index (χ0) is 39.8. The fourth-order valence-corrected chi connectivity index (χ4v) is 7.68. The molecule has 1 fully saturated rings. The number of amides is 2. The van der Waals surface area contributed by atoms with Gasteiger partial charge in [-0.05, 0) is 85.7 Å². The van der Waals surface area contributed by atoms with E-state index >= 15 is 0 Å². The highest BCUT2D eigenvalue weighted by molar-refractivity contribution is 6.04. The molecule has 6 aromatic rings. The zero-order valence-electron chi connectivity index (χ0n) is 32.2. The SMILES string of the molecule is Cc1cc2c(cc1OCCCC(=O)Nc1cn(C)c(C(=O)Cc3ccc(-c4cc(C(=O)n5ccc6cc(N)ccc65)n(C)c4)cc3)n1)N=C[C@@H]1CCCCN1C2=O. The van der Waals surface area contributed by atoms with E-state index in [1.54, 1.807) is 34.6 Å². The number of Topliss-reactive ketones (excluding diaryl/α,β-unsaturated/α-hetero) is 1. The van der Waals surface area contributed by atoms with Crippen molar-refractivity contribution in [1.29, 1.82) is 0 Å². The third-order valence-corrected chi connectivity index (χ3v) is 10.7. The number of fused-ring (bicyclic) bond motifs is 3. The number of anilines is 2. The van der Waals surface area contributed by atoms with Crippen LogP contribution in [-0.2, 0) is 25.3 Å². The Kier molecular flexibility index (Phi) is 10.0. The average molecular weight is 765 g/mol. The second kappa shape index (κ2) is 15.4. The molecule has 13 heteroatoms. The zero-order valence-corrected chi connectivity index (χ0v) is 32.2. The molecule has 3 N–H and O–H groups in total. The number of hydrogen-bond donors (Lipinski definition) is 2. The van der Waals surface area contributed by atoms with Gasteiger partial charge in [-0.15, -0.1) is 0 Å². The van der Waals surface area contributed by atoms with Crippen molar-refractivity contribution >= 4 is 57.8 Å². The van der Waals surface area contributed by atoms with Gasteiger partial charge in [0.2, 0.25) is 11.7 Å². The van der Waals surface area contributed by atoms with Gasteiger partial charge >= 0.3 is 0 Å². The molecule has 0 aliphatic carbocycles. The Bertz CT molecular complexity index is 2580. The van der Waals surface area contributed by atoms with Crippen LogP contribution in [0.4, 0.5) is 17.2 Å². The number of aliphatic imine (C=N–C) groups is 1.